The summed E-state index contributed by atoms with van der Waals surface area (Å²) < 4.78 is 5.39. The molecule has 1 aliphatic carbocycles. The van der Waals surface area contributed by atoms with Crippen molar-refractivity contribution in [3.63, 3.8) is 0 Å². The minimum absolute atomic E-state index is 0.0628. The molecule has 0 unspecified atom stereocenters. The third-order valence-corrected chi connectivity index (χ3v) is 4.17. The summed E-state index contributed by atoms with van der Waals surface area (Å²) >= 11 is 0. The Hall–Kier alpha value is -1.78. The Labute approximate surface area is 119 Å². The minimum atomic E-state index is -0.386. The SMILES string of the molecule is CCOc1cc(NCC2(C(C)C)CC2)cc([N+](=O)[O-])c1. The summed E-state index contributed by atoms with van der Waals surface area (Å²) in [6, 6.07) is 4.86. The molecule has 0 heterocycles. The molecule has 110 valence electrons. The summed E-state index contributed by atoms with van der Waals surface area (Å²) in [5.74, 6) is 1.17. The van der Waals surface area contributed by atoms with Crippen LogP contribution in [0.15, 0.2) is 18.2 Å². The van der Waals surface area contributed by atoms with Crippen LogP contribution in [0.1, 0.15) is 33.6 Å². The zero-order valence-electron chi connectivity index (χ0n) is 12.3. The molecule has 2 rings (SSSR count). The van der Waals surface area contributed by atoms with Crippen molar-refractivity contribution in [3.8, 4) is 5.75 Å². The van der Waals surface area contributed by atoms with Gasteiger partial charge in [-0.15, -0.1) is 0 Å². The fourth-order valence-electron chi connectivity index (χ4n) is 2.44. The van der Waals surface area contributed by atoms with Gasteiger partial charge in [-0.2, -0.15) is 0 Å². The number of anilines is 1. The third-order valence-electron chi connectivity index (χ3n) is 4.17. The second-order valence-electron chi connectivity index (χ2n) is 5.78. The van der Waals surface area contributed by atoms with Crippen molar-refractivity contribution in [2.75, 3.05) is 18.5 Å². The van der Waals surface area contributed by atoms with Crippen molar-refractivity contribution in [2.24, 2.45) is 11.3 Å². The van der Waals surface area contributed by atoms with Crippen LogP contribution in [0.5, 0.6) is 5.75 Å². The number of hydrogen-bond acceptors (Lipinski definition) is 4. The highest BCUT2D eigenvalue weighted by Gasteiger charge is 2.44. The average molecular weight is 278 g/mol. The summed E-state index contributed by atoms with van der Waals surface area (Å²) in [6.07, 6.45) is 2.45. The van der Waals surface area contributed by atoms with Gasteiger partial charge in [0, 0.05) is 24.4 Å². The Kier molecular flexibility index (Phi) is 4.16. The lowest BCUT2D eigenvalue weighted by Crippen LogP contribution is -2.20. The maximum absolute atomic E-state index is 11.0. The lowest BCUT2D eigenvalue weighted by atomic mass is 9.92. The third kappa shape index (κ3) is 3.21. The number of non-ortho nitro benzene ring substituents is 1. The Morgan fingerprint density at radius 1 is 1.40 bits per heavy atom. The minimum Gasteiger partial charge on any atom is -0.494 e. The van der Waals surface area contributed by atoms with Crippen molar-refractivity contribution >= 4 is 11.4 Å². The Morgan fingerprint density at radius 3 is 2.60 bits per heavy atom. The molecular weight excluding hydrogens is 256 g/mol. The standard InChI is InChI=1S/C15H22N2O3/c1-4-20-14-8-12(7-13(9-14)17(18)19)16-10-15(5-6-15)11(2)3/h7-9,11,16H,4-6,10H2,1-3H3. The summed E-state index contributed by atoms with van der Waals surface area (Å²) in [6.45, 7) is 7.68. The molecule has 5 heteroatoms. The van der Waals surface area contributed by atoms with Gasteiger partial charge in [-0.3, -0.25) is 10.1 Å². The number of nitro benzene ring substituents is 1. The largest absolute Gasteiger partial charge is 0.494 e. The second kappa shape index (κ2) is 5.69. The maximum Gasteiger partial charge on any atom is 0.275 e. The van der Waals surface area contributed by atoms with Crippen molar-refractivity contribution in [1.82, 2.24) is 0 Å². The van der Waals surface area contributed by atoms with Gasteiger partial charge in [0.25, 0.3) is 5.69 Å². The first-order valence-electron chi connectivity index (χ1n) is 7.13. The number of rotatable bonds is 7. The normalized spacial score (nSPS) is 16.0. The fraction of sp³-hybridized carbons (Fsp3) is 0.600. The van der Waals surface area contributed by atoms with Gasteiger partial charge in [0.2, 0.25) is 0 Å². The molecule has 0 spiro atoms. The van der Waals surface area contributed by atoms with E-state index in [0.717, 1.165) is 12.2 Å². The van der Waals surface area contributed by atoms with Gasteiger partial charge >= 0.3 is 0 Å². The first kappa shape index (κ1) is 14.6. The van der Waals surface area contributed by atoms with E-state index >= 15 is 0 Å². The van der Waals surface area contributed by atoms with Crippen molar-refractivity contribution in [2.45, 2.75) is 33.6 Å². The monoisotopic (exact) mass is 278 g/mol. The number of nitrogens with zero attached hydrogens (tertiary/aromatic N) is 1. The molecule has 1 aromatic rings. The summed E-state index contributed by atoms with van der Waals surface area (Å²) in [5.41, 5.74) is 1.18. The predicted octanol–water partition coefficient (Wildman–Crippen LogP) is 3.84. The number of benzene rings is 1. The first-order valence-corrected chi connectivity index (χ1v) is 7.13. The summed E-state index contributed by atoms with van der Waals surface area (Å²) in [5, 5.41) is 14.3. The zero-order chi connectivity index (χ0) is 14.8. The van der Waals surface area contributed by atoms with Gasteiger partial charge in [-0.25, -0.2) is 0 Å². The fourth-order valence-corrected chi connectivity index (χ4v) is 2.44. The molecule has 0 radical (unpaired) electrons. The molecular formula is C15H22N2O3. The maximum atomic E-state index is 11.0. The number of hydrogen-bond donors (Lipinski definition) is 1. The molecule has 20 heavy (non-hydrogen) atoms. The molecule has 1 saturated carbocycles. The number of ether oxygens (including phenoxy) is 1. The molecule has 0 amide bonds. The highest BCUT2D eigenvalue weighted by Crippen LogP contribution is 2.51. The summed E-state index contributed by atoms with van der Waals surface area (Å²) in [7, 11) is 0. The molecule has 5 nitrogen and oxygen atoms in total. The van der Waals surface area contributed by atoms with Crippen molar-refractivity contribution < 1.29 is 9.66 Å². The van der Waals surface area contributed by atoms with Gasteiger partial charge in [0.15, 0.2) is 0 Å². The molecule has 0 aliphatic heterocycles. The van der Waals surface area contributed by atoms with Gasteiger partial charge in [-0.05, 0) is 31.1 Å². The molecule has 1 aliphatic rings. The van der Waals surface area contributed by atoms with E-state index < -0.39 is 0 Å². The van der Waals surface area contributed by atoms with Crippen LogP contribution in [0.2, 0.25) is 0 Å². The van der Waals surface area contributed by atoms with Crippen LogP contribution in [0.4, 0.5) is 11.4 Å². The molecule has 1 N–H and O–H groups in total. The molecule has 1 fully saturated rings. The van der Waals surface area contributed by atoms with Gasteiger partial charge in [0.05, 0.1) is 17.6 Å². The smallest absolute Gasteiger partial charge is 0.275 e. The van der Waals surface area contributed by atoms with Crippen LogP contribution in [0.3, 0.4) is 0 Å². The second-order valence-corrected chi connectivity index (χ2v) is 5.78. The van der Waals surface area contributed by atoms with Crippen molar-refractivity contribution in [3.05, 3.63) is 28.3 Å². The highest BCUT2D eigenvalue weighted by molar-refractivity contribution is 5.56. The lowest BCUT2D eigenvalue weighted by molar-refractivity contribution is -0.384. The van der Waals surface area contributed by atoms with Crippen LogP contribution >= 0.6 is 0 Å². The lowest BCUT2D eigenvalue weighted by Gasteiger charge is -2.21. The van der Waals surface area contributed by atoms with E-state index in [9.17, 15) is 10.1 Å². The van der Waals surface area contributed by atoms with E-state index in [1.807, 2.05) is 13.0 Å². The molecule has 0 aromatic heterocycles. The Balaban J connectivity index is 2.12. The van der Waals surface area contributed by atoms with Crippen LogP contribution in [0.25, 0.3) is 0 Å². The number of nitro groups is 1. The average Bonchev–Trinajstić information content (AvgIpc) is 3.17. The summed E-state index contributed by atoms with van der Waals surface area (Å²) in [4.78, 5) is 10.6. The van der Waals surface area contributed by atoms with E-state index in [1.54, 1.807) is 6.07 Å². The topological polar surface area (TPSA) is 64.4 Å². The zero-order valence-corrected chi connectivity index (χ0v) is 12.3. The quantitative estimate of drug-likeness (QED) is 0.608. The molecule has 1 aromatic carbocycles. The van der Waals surface area contributed by atoms with Crippen LogP contribution in [-0.2, 0) is 0 Å². The van der Waals surface area contributed by atoms with Crippen molar-refractivity contribution in [1.29, 1.82) is 0 Å². The highest BCUT2D eigenvalue weighted by atomic mass is 16.6. The number of nitrogens with one attached hydrogen (secondary N) is 1. The van der Waals surface area contributed by atoms with E-state index in [0.29, 0.717) is 23.7 Å². The van der Waals surface area contributed by atoms with Gasteiger partial charge < -0.3 is 10.1 Å². The van der Waals surface area contributed by atoms with E-state index in [-0.39, 0.29) is 10.6 Å². The van der Waals surface area contributed by atoms with E-state index in [1.165, 1.54) is 18.9 Å². The Morgan fingerprint density at radius 2 is 2.10 bits per heavy atom. The van der Waals surface area contributed by atoms with Gasteiger partial charge in [-0.1, -0.05) is 13.8 Å². The van der Waals surface area contributed by atoms with Crippen LogP contribution in [0, 0.1) is 21.4 Å². The van der Waals surface area contributed by atoms with Crippen LogP contribution in [-0.4, -0.2) is 18.1 Å². The molecule has 0 saturated heterocycles. The first-order chi connectivity index (χ1) is 9.47. The Bertz CT molecular complexity index is 496. The van der Waals surface area contributed by atoms with Crippen LogP contribution < -0.4 is 10.1 Å². The molecule has 0 bridgehead atoms. The molecule has 0 atom stereocenters. The van der Waals surface area contributed by atoms with E-state index in [4.69, 9.17) is 4.74 Å². The van der Waals surface area contributed by atoms with E-state index in [2.05, 4.69) is 19.2 Å². The van der Waals surface area contributed by atoms with Gasteiger partial charge in [0.1, 0.15) is 5.75 Å². The predicted molar refractivity (Wildman–Crippen MR) is 79.3 cm³/mol.